The molecule has 0 spiro atoms. The average molecular weight is 305 g/mol. The highest BCUT2D eigenvalue weighted by molar-refractivity contribution is 7.91. The number of carbonyl (C=O) groups is 1. The van der Waals surface area contributed by atoms with Crippen LogP contribution in [-0.2, 0) is 14.6 Å². The zero-order valence-corrected chi connectivity index (χ0v) is 12.5. The van der Waals surface area contributed by atoms with E-state index in [1.54, 1.807) is 36.4 Å². The molecule has 110 valence electrons. The molecule has 2 aromatic rings. The first-order valence-corrected chi connectivity index (χ1v) is 7.69. The van der Waals surface area contributed by atoms with Crippen molar-refractivity contribution in [3.8, 4) is 0 Å². The SMILES string of the molecule is COC(=O)Nc1ccccc1S(=O)(=O)c1ccc(C)cc1. The number of para-hydroxylation sites is 1. The van der Waals surface area contributed by atoms with E-state index in [0.29, 0.717) is 0 Å². The van der Waals surface area contributed by atoms with Crippen LogP contribution in [0.1, 0.15) is 5.56 Å². The topological polar surface area (TPSA) is 72.5 Å². The molecular formula is C15H15NO4S. The van der Waals surface area contributed by atoms with Crippen LogP contribution in [0.2, 0.25) is 0 Å². The molecule has 0 saturated heterocycles. The predicted molar refractivity (Wildman–Crippen MR) is 79.1 cm³/mol. The Morgan fingerprint density at radius 2 is 1.67 bits per heavy atom. The van der Waals surface area contributed by atoms with Gasteiger partial charge in [0.1, 0.15) is 0 Å². The first-order chi connectivity index (χ1) is 9.95. The summed E-state index contributed by atoms with van der Waals surface area (Å²) in [5.74, 6) is 0. The fourth-order valence-corrected chi connectivity index (χ4v) is 3.22. The van der Waals surface area contributed by atoms with Crippen LogP contribution in [0.5, 0.6) is 0 Å². The van der Waals surface area contributed by atoms with Crippen molar-refractivity contribution in [2.75, 3.05) is 12.4 Å². The fraction of sp³-hybridized carbons (Fsp3) is 0.133. The van der Waals surface area contributed by atoms with Crippen LogP contribution < -0.4 is 5.32 Å². The number of aryl methyl sites for hydroxylation is 1. The van der Waals surface area contributed by atoms with Gasteiger partial charge >= 0.3 is 6.09 Å². The first kappa shape index (κ1) is 15.1. The maximum atomic E-state index is 12.6. The Labute approximate surface area is 123 Å². The Hall–Kier alpha value is -2.34. The van der Waals surface area contributed by atoms with Crippen molar-refractivity contribution < 1.29 is 17.9 Å². The molecule has 0 aliphatic carbocycles. The highest BCUT2D eigenvalue weighted by atomic mass is 32.2. The number of anilines is 1. The van der Waals surface area contributed by atoms with Gasteiger partial charge in [-0.1, -0.05) is 29.8 Å². The van der Waals surface area contributed by atoms with Crippen molar-refractivity contribution in [3.05, 3.63) is 54.1 Å². The largest absolute Gasteiger partial charge is 0.453 e. The van der Waals surface area contributed by atoms with Gasteiger partial charge < -0.3 is 4.74 Å². The monoisotopic (exact) mass is 305 g/mol. The van der Waals surface area contributed by atoms with E-state index in [0.717, 1.165) is 5.56 Å². The number of amides is 1. The Morgan fingerprint density at radius 3 is 2.29 bits per heavy atom. The summed E-state index contributed by atoms with van der Waals surface area (Å²) in [7, 11) is -2.50. The highest BCUT2D eigenvalue weighted by Crippen LogP contribution is 2.27. The van der Waals surface area contributed by atoms with Gasteiger partial charge in [0, 0.05) is 0 Å². The smallest absolute Gasteiger partial charge is 0.411 e. The van der Waals surface area contributed by atoms with Crippen molar-refractivity contribution >= 4 is 21.6 Å². The van der Waals surface area contributed by atoms with E-state index in [1.165, 1.54) is 19.2 Å². The van der Waals surface area contributed by atoms with Crippen molar-refractivity contribution in [1.29, 1.82) is 0 Å². The molecular weight excluding hydrogens is 290 g/mol. The number of benzene rings is 2. The van der Waals surface area contributed by atoms with Gasteiger partial charge in [0.15, 0.2) is 0 Å². The summed E-state index contributed by atoms with van der Waals surface area (Å²) in [6.45, 7) is 1.88. The lowest BCUT2D eigenvalue weighted by Crippen LogP contribution is -2.14. The van der Waals surface area contributed by atoms with Crippen molar-refractivity contribution in [3.63, 3.8) is 0 Å². The minimum absolute atomic E-state index is 0.0271. The predicted octanol–water partition coefficient (Wildman–Crippen LogP) is 3.01. The summed E-state index contributed by atoms with van der Waals surface area (Å²) in [6, 6.07) is 12.7. The summed E-state index contributed by atoms with van der Waals surface area (Å²) in [6.07, 6.45) is -0.721. The van der Waals surface area contributed by atoms with E-state index < -0.39 is 15.9 Å². The summed E-state index contributed by atoms with van der Waals surface area (Å²) in [5.41, 5.74) is 1.15. The molecule has 0 atom stereocenters. The Bertz CT molecular complexity index is 751. The van der Waals surface area contributed by atoms with Gasteiger partial charge in [-0.25, -0.2) is 13.2 Å². The maximum Gasteiger partial charge on any atom is 0.411 e. The van der Waals surface area contributed by atoms with E-state index in [9.17, 15) is 13.2 Å². The normalized spacial score (nSPS) is 11.0. The summed E-state index contributed by atoms with van der Waals surface area (Å²) >= 11 is 0. The molecule has 0 bridgehead atoms. The van der Waals surface area contributed by atoms with Crippen LogP contribution in [0, 0.1) is 6.92 Å². The fourth-order valence-electron chi connectivity index (χ4n) is 1.81. The number of sulfone groups is 1. The summed E-state index contributed by atoms with van der Waals surface area (Å²) in [5, 5.41) is 2.41. The molecule has 5 nitrogen and oxygen atoms in total. The molecule has 6 heteroatoms. The molecule has 0 aromatic heterocycles. The lowest BCUT2D eigenvalue weighted by Gasteiger charge is -2.11. The van der Waals surface area contributed by atoms with Gasteiger partial charge in [0.05, 0.1) is 22.6 Å². The number of methoxy groups -OCH3 is 1. The van der Waals surface area contributed by atoms with Gasteiger partial charge in [-0.2, -0.15) is 0 Å². The molecule has 0 saturated carbocycles. The Kier molecular flexibility index (Phi) is 4.28. The van der Waals surface area contributed by atoms with E-state index in [2.05, 4.69) is 10.1 Å². The average Bonchev–Trinajstić information content (AvgIpc) is 2.48. The van der Waals surface area contributed by atoms with E-state index in [-0.39, 0.29) is 15.5 Å². The minimum Gasteiger partial charge on any atom is -0.453 e. The van der Waals surface area contributed by atoms with E-state index >= 15 is 0 Å². The third kappa shape index (κ3) is 3.22. The van der Waals surface area contributed by atoms with Gasteiger partial charge in [-0.05, 0) is 31.2 Å². The van der Waals surface area contributed by atoms with Gasteiger partial charge in [-0.3, -0.25) is 5.32 Å². The second kappa shape index (κ2) is 5.97. The Morgan fingerprint density at radius 1 is 1.05 bits per heavy atom. The molecule has 0 unspecified atom stereocenters. The molecule has 2 aromatic carbocycles. The van der Waals surface area contributed by atoms with Crippen molar-refractivity contribution in [2.45, 2.75) is 16.7 Å². The van der Waals surface area contributed by atoms with Crippen LogP contribution in [0.4, 0.5) is 10.5 Å². The van der Waals surface area contributed by atoms with Crippen LogP contribution in [0.15, 0.2) is 58.3 Å². The highest BCUT2D eigenvalue weighted by Gasteiger charge is 2.21. The number of rotatable bonds is 3. The quantitative estimate of drug-likeness (QED) is 0.946. The second-order valence-corrected chi connectivity index (χ2v) is 6.35. The molecule has 0 heterocycles. The van der Waals surface area contributed by atoms with E-state index in [4.69, 9.17) is 0 Å². The molecule has 1 N–H and O–H groups in total. The molecule has 21 heavy (non-hydrogen) atoms. The molecule has 1 amide bonds. The van der Waals surface area contributed by atoms with Crippen molar-refractivity contribution in [1.82, 2.24) is 0 Å². The summed E-state index contributed by atoms with van der Waals surface area (Å²) < 4.78 is 29.8. The van der Waals surface area contributed by atoms with Crippen LogP contribution in [0.3, 0.4) is 0 Å². The van der Waals surface area contributed by atoms with Gasteiger partial charge in [0.2, 0.25) is 9.84 Å². The molecule has 0 aliphatic heterocycles. The Balaban J connectivity index is 2.50. The number of hydrogen-bond donors (Lipinski definition) is 1. The third-order valence-electron chi connectivity index (χ3n) is 2.93. The summed E-state index contributed by atoms with van der Waals surface area (Å²) in [4.78, 5) is 11.5. The zero-order valence-electron chi connectivity index (χ0n) is 11.7. The molecule has 2 rings (SSSR count). The molecule has 0 aliphatic rings. The maximum absolute atomic E-state index is 12.6. The zero-order chi connectivity index (χ0) is 15.5. The number of ether oxygens (including phenoxy) is 1. The number of hydrogen-bond acceptors (Lipinski definition) is 4. The lowest BCUT2D eigenvalue weighted by molar-refractivity contribution is 0.187. The van der Waals surface area contributed by atoms with Gasteiger partial charge in [0.25, 0.3) is 0 Å². The standard InChI is InChI=1S/C15H15NO4S/c1-11-7-9-12(10-8-11)21(18,19)14-6-4-3-5-13(14)16-15(17)20-2/h3-10H,1-2H3,(H,16,17). The lowest BCUT2D eigenvalue weighted by atomic mass is 10.2. The second-order valence-electron chi connectivity index (χ2n) is 4.43. The first-order valence-electron chi connectivity index (χ1n) is 6.21. The van der Waals surface area contributed by atoms with Crippen molar-refractivity contribution in [2.24, 2.45) is 0 Å². The molecule has 0 radical (unpaired) electrons. The van der Waals surface area contributed by atoms with Crippen LogP contribution in [0.25, 0.3) is 0 Å². The minimum atomic E-state index is -3.71. The van der Waals surface area contributed by atoms with E-state index in [1.807, 2.05) is 6.92 Å². The number of nitrogens with one attached hydrogen (secondary N) is 1. The number of carbonyl (C=O) groups excluding carboxylic acids is 1. The van der Waals surface area contributed by atoms with Gasteiger partial charge in [-0.15, -0.1) is 0 Å². The molecule has 0 fully saturated rings. The third-order valence-corrected chi connectivity index (χ3v) is 4.76. The van der Waals surface area contributed by atoms with Crippen LogP contribution >= 0.6 is 0 Å². The van der Waals surface area contributed by atoms with Crippen LogP contribution in [-0.4, -0.2) is 21.6 Å².